The van der Waals surface area contributed by atoms with Crippen LogP contribution in [0.1, 0.15) is 0 Å². The van der Waals surface area contributed by atoms with Crippen LogP contribution in [-0.4, -0.2) is 14.5 Å². The number of ether oxygens (including phenoxy) is 1. The van der Waals surface area contributed by atoms with Crippen LogP contribution in [0.5, 0.6) is 11.5 Å². The van der Waals surface area contributed by atoms with Crippen molar-refractivity contribution in [2.45, 2.75) is 0 Å². The van der Waals surface area contributed by atoms with Crippen molar-refractivity contribution < 1.29 is 9.66 Å². The number of hydrogen-bond acceptors (Lipinski definition) is 5. The molecule has 0 saturated carbocycles. The quantitative estimate of drug-likeness (QED) is 0.518. The third-order valence-corrected chi connectivity index (χ3v) is 3.87. The number of nitro groups is 1. The van der Waals surface area contributed by atoms with Crippen molar-refractivity contribution >= 4 is 39.8 Å². The highest BCUT2D eigenvalue weighted by atomic mass is 35.5. The Hall–Kier alpha value is -2.64. The molecule has 24 heavy (non-hydrogen) atoms. The maximum atomic E-state index is 12.0. The predicted octanol–water partition coefficient (Wildman–Crippen LogP) is 3.94. The molecule has 1 heterocycles. The van der Waals surface area contributed by atoms with E-state index in [1.165, 1.54) is 10.9 Å². The number of rotatable bonds is 3. The summed E-state index contributed by atoms with van der Waals surface area (Å²) in [6.45, 7) is 0. The highest BCUT2D eigenvalue weighted by molar-refractivity contribution is 6.37. The lowest BCUT2D eigenvalue weighted by atomic mass is 10.2. The Labute approximate surface area is 145 Å². The van der Waals surface area contributed by atoms with E-state index in [1.807, 2.05) is 0 Å². The van der Waals surface area contributed by atoms with E-state index in [-0.39, 0.29) is 27.0 Å². The summed E-state index contributed by atoms with van der Waals surface area (Å²) in [5.41, 5.74) is 0.0312. The molecule has 0 aliphatic heterocycles. The minimum atomic E-state index is -0.600. The van der Waals surface area contributed by atoms with Crippen molar-refractivity contribution in [3.63, 3.8) is 0 Å². The van der Waals surface area contributed by atoms with E-state index in [9.17, 15) is 14.9 Å². The molecular weight excluding hydrogens is 357 g/mol. The van der Waals surface area contributed by atoms with Gasteiger partial charge < -0.3 is 9.30 Å². The molecule has 0 N–H and O–H groups in total. The highest BCUT2D eigenvalue weighted by Crippen LogP contribution is 2.39. The summed E-state index contributed by atoms with van der Waals surface area (Å²) < 4.78 is 6.99. The SMILES string of the molecule is Cn1cnc2cc(Oc3c(Cl)cc([N+](=O)[O-])cc3Cl)ccc2c1=O. The van der Waals surface area contributed by atoms with E-state index in [4.69, 9.17) is 27.9 Å². The van der Waals surface area contributed by atoms with Gasteiger partial charge in [-0.05, 0) is 12.1 Å². The summed E-state index contributed by atoms with van der Waals surface area (Å²) >= 11 is 12.0. The van der Waals surface area contributed by atoms with Gasteiger partial charge in [0.1, 0.15) is 5.75 Å². The average molecular weight is 366 g/mol. The molecule has 0 atom stereocenters. The Morgan fingerprint density at radius 1 is 1.21 bits per heavy atom. The van der Waals surface area contributed by atoms with Crippen LogP contribution >= 0.6 is 23.2 Å². The molecule has 0 aliphatic rings. The van der Waals surface area contributed by atoms with Gasteiger partial charge in [0.25, 0.3) is 11.2 Å². The zero-order chi connectivity index (χ0) is 17.4. The Morgan fingerprint density at radius 2 is 1.88 bits per heavy atom. The molecule has 0 fully saturated rings. The largest absolute Gasteiger partial charge is 0.454 e. The van der Waals surface area contributed by atoms with E-state index >= 15 is 0 Å². The van der Waals surface area contributed by atoms with Gasteiger partial charge in [0, 0.05) is 25.2 Å². The van der Waals surface area contributed by atoms with Crippen molar-refractivity contribution in [3.8, 4) is 11.5 Å². The first-order valence-electron chi connectivity index (χ1n) is 6.63. The molecular formula is C15H9Cl2N3O4. The molecule has 0 saturated heterocycles. The van der Waals surface area contributed by atoms with E-state index in [1.54, 1.807) is 25.2 Å². The van der Waals surface area contributed by atoms with Crippen LogP contribution in [0, 0.1) is 10.1 Å². The summed E-state index contributed by atoms with van der Waals surface area (Å²) in [7, 11) is 1.61. The molecule has 7 nitrogen and oxygen atoms in total. The number of nitrogens with zero attached hydrogens (tertiary/aromatic N) is 3. The fraction of sp³-hybridized carbons (Fsp3) is 0.0667. The highest BCUT2D eigenvalue weighted by Gasteiger charge is 2.16. The van der Waals surface area contributed by atoms with Gasteiger partial charge in [-0.3, -0.25) is 14.9 Å². The van der Waals surface area contributed by atoms with Crippen LogP contribution in [0.3, 0.4) is 0 Å². The van der Waals surface area contributed by atoms with Crippen molar-refractivity contribution in [2.75, 3.05) is 0 Å². The molecule has 2 aromatic carbocycles. The fourth-order valence-electron chi connectivity index (χ4n) is 2.12. The number of aromatic nitrogens is 2. The molecule has 122 valence electrons. The summed E-state index contributed by atoms with van der Waals surface area (Å²) in [4.78, 5) is 26.3. The number of nitro benzene ring substituents is 1. The van der Waals surface area contributed by atoms with Gasteiger partial charge >= 0.3 is 0 Å². The smallest absolute Gasteiger partial charge is 0.272 e. The van der Waals surface area contributed by atoms with Crippen LogP contribution in [0.15, 0.2) is 41.5 Å². The molecule has 0 aliphatic carbocycles. The standard InChI is InChI=1S/C15H9Cl2N3O4/c1-19-7-18-13-6-9(2-3-10(13)15(19)21)24-14-11(16)4-8(20(22)23)5-12(14)17/h2-7H,1H3. The van der Waals surface area contributed by atoms with E-state index in [0.717, 1.165) is 12.1 Å². The molecule has 3 rings (SSSR count). The monoisotopic (exact) mass is 365 g/mol. The first-order valence-corrected chi connectivity index (χ1v) is 7.39. The Bertz CT molecular complexity index is 1010. The lowest BCUT2D eigenvalue weighted by Crippen LogP contribution is -2.16. The van der Waals surface area contributed by atoms with Gasteiger partial charge in [-0.25, -0.2) is 4.98 Å². The van der Waals surface area contributed by atoms with E-state index < -0.39 is 4.92 Å². The van der Waals surface area contributed by atoms with Gasteiger partial charge in [0.15, 0.2) is 5.75 Å². The molecule has 0 amide bonds. The number of halogens is 2. The van der Waals surface area contributed by atoms with Crippen molar-refractivity contribution in [1.29, 1.82) is 0 Å². The van der Waals surface area contributed by atoms with Crippen molar-refractivity contribution in [1.82, 2.24) is 9.55 Å². The lowest BCUT2D eigenvalue weighted by molar-refractivity contribution is -0.384. The fourth-order valence-corrected chi connectivity index (χ4v) is 2.67. The minimum Gasteiger partial charge on any atom is -0.454 e. The topological polar surface area (TPSA) is 87.3 Å². The first kappa shape index (κ1) is 16.2. The summed E-state index contributed by atoms with van der Waals surface area (Å²) in [5, 5.41) is 11.2. The van der Waals surface area contributed by atoms with Crippen LogP contribution in [-0.2, 0) is 7.05 Å². The second kappa shape index (κ2) is 6.10. The summed E-state index contributed by atoms with van der Waals surface area (Å²) in [5.74, 6) is 0.438. The second-order valence-electron chi connectivity index (χ2n) is 4.94. The number of hydrogen-bond donors (Lipinski definition) is 0. The normalized spacial score (nSPS) is 10.8. The number of aryl methyl sites for hydroxylation is 1. The van der Waals surface area contributed by atoms with Crippen LogP contribution < -0.4 is 10.3 Å². The third-order valence-electron chi connectivity index (χ3n) is 3.30. The predicted molar refractivity (Wildman–Crippen MR) is 90.2 cm³/mol. The van der Waals surface area contributed by atoms with Gasteiger partial charge in [-0.1, -0.05) is 23.2 Å². The third kappa shape index (κ3) is 2.91. The number of fused-ring (bicyclic) bond motifs is 1. The van der Waals surface area contributed by atoms with Crippen LogP contribution in [0.2, 0.25) is 10.0 Å². The van der Waals surface area contributed by atoms with E-state index in [2.05, 4.69) is 4.98 Å². The van der Waals surface area contributed by atoms with Gasteiger partial charge in [0.2, 0.25) is 0 Å². The maximum Gasteiger partial charge on any atom is 0.272 e. The molecule has 0 radical (unpaired) electrons. The Kier molecular flexibility index (Phi) is 4.13. The average Bonchev–Trinajstić information content (AvgIpc) is 2.54. The molecule has 1 aromatic heterocycles. The van der Waals surface area contributed by atoms with Gasteiger partial charge in [-0.2, -0.15) is 0 Å². The Morgan fingerprint density at radius 3 is 2.50 bits per heavy atom. The molecule has 0 spiro atoms. The molecule has 0 unspecified atom stereocenters. The van der Waals surface area contributed by atoms with Crippen LogP contribution in [0.25, 0.3) is 10.9 Å². The lowest BCUT2D eigenvalue weighted by Gasteiger charge is -2.10. The molecule has 0 bridgehead atoms. The van der Waals surface area contributed by atoms with Gasteiger partial charge in [0.05, 0.1) is 32.2 Å². The number of non-ortho nitro benzene ring substituents is 1. The van der Waals surface area contributed by atoms with Crippen molar-refractivity contribution in [2.24, 2.45) is 7.05 Å². The first-order chi connectivity index (χ1) is 11.4. The minimum absolute atomic E-state index is 0.00577. The zero-order valence-corrected chi connectivity index (χ0v) is 13.7. The second-order valence-corrected chi connectivity index (χ2v) is 5.75. The molecule has 9 heteroatoms. The number of benzene rings is 2. The Balaban J connectivity index is 2.03. The maximum absolute atomic E-state index is 12.0. The summed E-state index contributed by atoms with van der Waals surface area (Å²) in [6.07, 6.45) is 1.40. The summed E-state index contributed by atoms with van der Waals surface area (Å²) in [6, 6.07) is 7.01. The molecule has 3 aromatic rings. The van der Waals surface area contributed by atoms with Crippen LogP contribution in [0.4, 0.5) is 5.69 Å². The van der Waals surface area contributed by atoms with Gasteiger partial charge in [-0.15, -0.1) is 0 Å². The zero-order valence-electron chi connectivity index (χ0n) is 12.2. The van der Waals surface area contributed by atoms with E-state index in [0.29, 0.717) is 16.7 Å². The van der Waals surface area contributed by atoms with Crippen molar-refractivity contribution in [3.05, 3.63) is 67.2 Å².